The number of hydrogen-bond acceptors (Lipinski definition) is 7. The summed E-state index contributed by atoms with van der Waals surface area (Å²) in [5.74, 6) is 0.424. The minimum absolute atomic E-state index is 0.142. The molecule has 186 valence electrons. The number of aliphatic hydroxyl groups is 1. The second-order valence-corrected chi connectivity index (χ2v) is 9.60. The number of carbonyl (C=O) groups excluding carboxylic acids is 1. The van der Waals surface area contributed by atoms with Crippen LogP contribution in [0.15, 0.2) is 42.5 Å². The van der Waals surface area contributed by atoms with Crippen molar-refractivity contribution >= 4 is 16.7 Å². The fourth-order valence-corrected chi connectivity index (χ4v) is 4.31. The van der Waals surface area contributed by atoms with Gasteiger partial charge in [-0.05, 0) is 44.1 Å². The Kier molecular flexibility index (Phi) is 9.06. The van der Waals surface area contributed by atoms with Gasteiger partial charge < -0.3 is 25.3 Å². The van der Waals surface area contributed by atoms with Gasteiger partial charge in [-0.15, -0.1) is 10.1 Å². The molecule has 0 spiro atoms. The lowest BCUT2D eigenvalue weighted by molar-refractivity contribution is -0.771. The first-order chi connectivity index (χ1) is 16.2. The summed E-state index contributed by atoms with van der Waals surface area (Å²) in [5, 5.41) is 28.6. The molecule has 1 aliphatic carbocycles. The van der Waals surface area contributed by atoms with Crippen molar-refractivity contribution in [3.63, 3.8) is 0 Å². The van der Waals surface area contributed by atoms with Crippen molar-refractivity contribution in [2.24, 2.45) is 5.92 Å². The van der Waals surface area contributed by atoms with E-state index in [0.29, 0.717) is 19.5 Å². The highest BCUT2D eigenvalue weighted by Gasteiger charge is 2.30. The van der Waals surface area contributed by atoms with Crippen molar-refractivity contribution < 1.29 is 24.6 Å². The summed E-state index contributed by atoms with van der Waals surface area (Å²) >= 11 is 0. The maximum Gasteiger partial charge on any atom is 0.294 e. The summed E-state index contributed by atoms with van der Waals surface area (Å²) in [7, 11) is 0. The predicted molar refractivity (Wildman–Crippen MR) is 129 cm³/mol. The van der Waals surface area contributed by atoms with Gasteiger partial charge in [-0.2, -0.15) is 0 Å². The zero-order valence-electron chi connectivity index (χ0n) is 19.9. The van der Waals surface area contributed by atoms with E-state index in [1.165, 1.54) is 0 Å². The molecule has 3 atom stereocenters. The van der Waals surface area contributed by atoms with Gasteiger partial charge in [0.2, 0.25) is 5.91 Å². The molecule has 0 radical (unpaired) electrons. The molecule has 1 saturated carbocycles. The van der Waals surface area contributed by atoms with Gasteiger partial charge in [-0.25, -0.2) is 0 Å². The highest BCUT2D eigenvalue weighted by atomic mass is 17.0. The first-order valence-electron chi connectivity index (χ1n) is 11.8. The molecule has 9 nitrogen and oxygen atoms in total. The number of carbonyl (C=O) groups is 1. The second kappa shape index (κ2) is 12.0. The van der Waals surface area contributed by atoms with E-state index in [1.807, 2.05) is 56.3 Å². The predicted octanol–water partition coefficient (Wildman–Crippen LogP) is 3.22. The van der Waals surface area contributed by atoms with Crippen LogP contribution in [0.25, 0.3) is 10.8 Å². The maximum atomic E-state index is 12.5. The molecule has 34 heavy (non-hydrogen) atoms. The maximum absolute atomic E-state index is 12.5. The lowest BCUT2D eigenvalue weighted by Crippen LogP contribution is -2.52. The van der Waals surface area contributed by atoms with Crippen LogP contribution in [0.2, 0.25) is 0 Å². The summed E-state index contributed by atoms with van der Waals surface area (Å²) in [6.07, 6.45) is 2.13. The van der Waals surface area contributed by atoms with Crippen LogP contribution in [-0.4, -0.2) is 53.5 Å². The van der Waals surface area contributed by atoms with E-state index in [-0.39, 0.29) is 24.9 Å². The number of fused-ring (bicyclic) bond motifs is 1. The molecule has 1 amide bonds. The van der Waals surface area contributed by atoms with Gasteiger partial charge in [0, 0.05) is 30.4 Å². The van der Waals surface area contributed by atoms with Crippen LogP contribution in [0.1, 0.15) is 46.0 Å². The van der Waals surface area contributed by atoms with E-state index in [1.54, 1.807) is 0 Å². The minimum Gasteiger partial charge on any atom is -0.490 e. The van der Waals surface area contributed by atoms with Crippen molar-refractivity contribution in [2.45, 2.75) is 63.7 Å². The number of benzene rings is 2. The van der Waals surface area contributed by atoms with Gasteiger partial charge in [-0.1, -0.05) is 49.2 Å². The Bertz CT molecular complexity index is 961. The van der Waals surface area contributed by atoms with Crippen molar-refractivity contribution in [1.82, 2.24) is 10.6 Å². The Morgan fingerprint density at radius 1 is 1.21 bits per heavy atom. The number of hydrogen-bond donors (Lipinski definition) is 3. The molecule has 2 aromatic carbocycles. The third-order valence-electron chi connectivity index (χ3n) is 6.23. The summed E-state index contributed by atoms with van der Waals surface area (Å²) < 4.78 is 5.85. The van der Waals surface area contributed by atoms with Crippen molar-refractivity contribution in [3.8, 4) is 5.75 Å². The third kappa shape index (κ3) is 7.85. The average Bonchev–Trinajstić information content (AvgIpc) is 2.81. The molecular weight excluding hydrogens is 438 g/mol. The molecule has 9 heteroatoms. The molecule has 1 aliphatic rings. The van der Waals surface area contributed by atoms with Gasteiger partial charge in [0.05, 0.1) is 0 Å². The standard InChI is InChI=1S/C25H35N3O6/c1-25(2,17-26-24(30)14-19-9-4-6-12-22(19)34-28(31)32)27-15-20(29)16-33-23-13-7-10-18-8-3-5-11-21(18)23/h3,5,7-8,10-11,13,19-20,22,27,29H,4,6,9,12,14-17H2,1-2H3,(H,26,30)/t19-,20?,22+/m0/s1. The summed E-state index contributed by atoms with van der Waals surface area (Å²) in [6, 6.07) is 13.7. The number of nitrogens with one attached hydrogen (secondary N) is 2. The van der Waals surface area contributed by atoms with Gasteiger partial charge in [-0.3, -0.25) is 4.79 Å². The summed E-state index contributed by atoms with van der Waals surface area (Å²) in [6.45, 7) is 4.67. The molecule has 0 aliphatic heterocycles. The van der Waals surface area contributed by atoms with E-state index < -0.39 is 22.8 Å². The van der Waals surface area contributed by atoms with E-state index in [4.69, 9.17) is 9.57 Å². The fourth-order valence-electron chi connectivity index (χ4n) is 4.31. The molecule has 1 fully saturated rings. The fraction of sp³-hybridized carbons (Fsp3) is 0.560. The van der Waals surface area contributed by atoms with Crippen molar-refractivity contribution in [2.75, 3.05) is 19.7 Å². The molecule has 0 bridgehead atoms. The van der Waals surface area contributed by atoms with Crippen LogP contribution in [0.4, 0.5) is 0 Å². The summed E-state index contributed by atoms with van der Waals surface area (Å²) in [4.78, 5) is 28.0. The van der Waals surface area contributed by atoms with Crippen LogP contribution >= 0.6 is 0 Å². The number of β-amino-alcohol motifs (C(OH)–C–C–N with tert-alkyl or cyclic N) is 1. The third-order valence-corrected chi connectivity index (χ3v) is 6.23. The highest BCUT2D eigenvalue weighted by molar-refractivity contribution is 5.88. The number of rotatable bonds is 12. The van der Waals surface area contributed by atoms with Gasteiger partial charge in [0.15, 0.2) is 0 Å². The smallest absolute Gasteiger partial charge is 0.294 e. The number of amides is 1. The van der Waals surface area contributed by atoms with E-state index in [0.717, 1.165) is 35.8 Å². The Morgan fingerprint density at radius 2 is 1.94 bits per heavy atom. The molecule has 0 aromatic heterocycles. The highest BCUT2D eigenvalue weighted by Crippen LogP contribution is 2.29. The Morgan fingerprint density at radius 3 is 2.74 bits per heavy atom. The largest absolute Gasteiger partial charge is 0.490 e. The Balaban J connectivity index is 1.40. The number of nitrogens with zero attached hydrogens (tertiary/aromatic N) is 1. The lowest BCUT2D eigenvalue weighted by Gasteiger charge is -2.31. The van der Waals surface area contributed by atoms with Crippen LogP contribution in [0, 0.1) is 16.0 Å². The van der Waals surface area contributed by atoms with Gasteiger partial charge >= 0.3 is 0 Å². The van der Waals surface area contributed by atoms with Crippen LogP contribution in [0.3, 0.4) is 0 Å². The molecule has 0 saturated heterocycles. The van der Waals surface area contributed by atoms with E-state index in [9.17, 15) is 20.0 Å². The zero-order valence-corrected chi connectivity index (χ0v) is 19.9. The van der Waals surface area contributed by atoms with Crippen LogP contribution in [-0.2, 0) is 9.63 Å². The first-order valence-corrected chi connectivity index (χ1v) is 11.8. The van der Waals surface area contributed by atoms with Crippen LogP contribution in [0.5, 0.6) is 5.75 Å². The zero-order chi connectivity index (χ0) is 24.6. The summed E-state index contributed by atoms with van der Waals surface area (Å²) in [5.41, 5.74) is -0.459. The molecule has 3 N–H and O–H groups in total. The van der Waals surface area contributed by atoms with Gasteiger partial charge in [0.25, 0.3) is 5.09 Å². The minimum atomic E-state index is -0.761. The molecule has 1 unspecified atom stereocenters. The second-order valence-electron chi connectivity index (χ2n) is 9.60. The SMILES string of the molecule is CC(C)(CNC(=O)C[C@@H]1CCCC[C@H]1O[N+](=O)[O-])NCC(O)COc1cccc2ccccc12. The topological polar surface area (TPSA) is 123 Å². The van der Waals surface area contributed by atoms with Gasteiger partial charge in [0.1, 0.15) is 24.6 Å². The molecule has 3 rings (SSSR count). The number of ether oxygens (including phenoxy) is 1. The molecule has 2 aromatic rings. The Labute approximate surface area is 199 Å². The van der Waals surface area contributed by atoms with Crippen molar-refractivity contribution in [1.29, 1.82) is 0 Å². The Hall–Kier alpha value is -2.91. The molecular formula is C25H35N3O6. The molecule has 0 heterocycles. The van der Waals surface area contributed by atoms with Crippen molar-refractivity contribution in [3.05, 3.63) is 52.6 Å². The van der Waals surface area contributed by atoms with Crippen LogP contribution < -0.4 is 15.4 Å². The quantitative estimate of drug-likeness (QED) is 0.319. The average molecular weight is 474 g/mol. The normalized spacial score (nSPS) is 19.4. The van der Waals surface area contributed by atoms with E-state index in [2.05, 4.69) is 10.6 Å². The van der Waals surface area contributed by atoms with E-state index >= 15 is 0 Å². The first kappa shape index (κ1) is 25.7. The monoisotopic (exact) mass is 473 g/mol. The lowest BCUT2D eigenvalue weighted by atomic mass is 9.84. The number of aliphatic hydroxyl groups excluding tert-OH is 1.